The first-order chi connectivity index (χ1) is 13.9. The molecule has 0 aliphatic carbocycles. The number of halogens is 1. The Morgan fingerprint density at radius 3 is 2.60 bits per heavy atom. The number of rotatable bonds is 5. The summed E-state index contributed by atoms with van der Waals surface area (Å²) in [5.74, 6) is -0.357. The number of carbonyl (C=O) groups is 1. The molecule has 1 aliphatic heterocycles. The summed E-state index contributed by atoms with van der Waals surface area (Å²) in [6.07, 6.45) is 1.53. The van der Waals surface area contributed by atoms with Gasteiger partial charge in [-0.25, -0.2) is 12.8 Å². The van der Waals surface area contributed by atoms with Crippen molar-refractivity contribution in [1.82, 2.24) is 5.32 Å². The minimum atomic E-state index is -3.83. The highest BCUT2D eigenvalue weighted by atomic mass is 32.2. The van der Waals surface area contributed by atoms with Crippen LogP contribution in [0.1, 0.15) is 44.4 Å². The number of carbonyl (C=O) groups excluding carboxylic acids is 1. The van der Waals surface area contributed by atoms with Gasteiger partial charge in [0.15, 0.2) is 0 Å². The molecule has 2 atom stereocenters. The van der Waals surface area contributed by atoms with Crippen molar-refractivity contribution in [1.29, 1.82) is 0 Å². The zero-order valence-electron chi connectivity index (χ0n) is 17.8. The van der Waals surface area contributed by atoms with Gasteiger partial charge in [-0.1, -0.05) is 23.8 Å². The molecular weight excluding hydrogens is 407 g/mol. The van der Waals surface area contributed by atoms with Gasteiger partial charge in [0, 0.05) is 12.0 Å². The predicted octanol–water partition coefficient (Wildman–Crippen LogP) is 3.71. The summed E-state index contributed by atoms with van der Waals surface area (Å²) >= 11 is 0. The highest BCUT2D eigenvalue weighted by Crippen LogP contribution is 2.40. The first kappa shape index (κ1) is 22.1. The van der Waals surface area contributed by atoms with E-state index >= 15 is 0 Å². The molecule has 0 aromatic heterocycles. The zero-order chi connectivity index (χ0) is 22.3. The van der Waals surface area contributed by atoms with Crippen molar-refractivity contribution >= 4 is 21.6 Å². The van der Waals surface area contributed by atoms with E-state index in [9.17, 15) is 17.6 Å². The third-order valence-electron chi connectivity index (χ3n) is 5.09. The van der Waals surface area contributed by atoms with E-state index in [4.69, 9.17) is 4.74 Å². The summed E-state index contributed by atoms with van der Waals surface area (Å²) in [7, 11) is -3.83. The molecule has 1 heterocycles. The van der Waals surface area contributed by atoms with Crippen molar-refractivity contribution in [3.05, 3.63) is 59.4 Å². The molecule has 6 nitrogen and oxygen atoms in total. The lowest BCUT2D eigenvalue weighted by Gasteiger charge is -2.39. The second-order valence-corrected chi connectivity index (χ2v) is 10.2. The van der Waals surface area contributed by atoms with Gasteiger partial charge in [0.05, 0.1) is 18.0 Å². The number of ether oxygens (including phenoxy) is 1. The molecule has 1 aliphatic rings. The Balaban J connectivity index is 1.91. The summed E-state index contributed by atoms with van der Waals surface area (Å²) in [6.45, 7) is 7.32. The van der Waals surface area contributed by atoms with Crippen molar-refractivity contribution in [3.8, 4) is 5.75 Å². The number of anilines is 1. The minimum absolute atomic E-state index is 0.101. The molecule has 0 fully saturated rings. The number of amides is 1. The Hall–Kier alpha value is -2.61. The molecule has 0 bridgehead atoms. The Morgan fingerprint density at radius 1 is 1.27 bits per heavy atom. The van der Waals surface area contributed by atoms with E-state index in [0.717, 1.165) is 27.8 Å². The summed E-state index contributed by atoms with van der Waals surface area (Å²) in [4.78, 5) is 13.1. The Labute approximate surface area is 177 Å². The summed E-state index contributed by atoms with van der Waals surface area (Å²) in [5.41, 5.74) is 1.49. The first-order valence-corrected chi connectivity index (χ1v) is 11.6. The fraction of sp³-hybridized carbons (Fsp3) is 0.409. The third-order valence-corrected chi connectivity index (χ3v) is 6.33. The number of nitrogens with zero attached hydrogens (tertiary/aromatic N) is 1. The van der Waals surface area contributed by atoms with E-state index in [2.05, 4.69) is 5.32 Å². The molecule has 0 unspecified atom stereocenters. The summed E-state index contributed by atoms with van der Waals surface area (Å²) < 4.78 is 45.5. The first-order valence-electron chi connectivity index (χ1n) is 9.72. The van der Waals surface area contributed by atoms with Crippen LogP contribution in [0.2, 0.25) is 0 Å². The van der Waals surface area contributed by atoms with Crippen molar-refractivity contribution < 1.29 is 22.3 Å². The van der Waals surface area contributed by atoms with Gasteiger partial charge in [0.25, 0.3) is 0 Å². The molecule has 1 N–H and O–H groups in total. The van der Waals surface area contributed by atoms with E-state index in [-0.39, 0.29) is 11.7 Å². The van der Waals surface area contributed by atoms with E-state index < -0.39 is 33.4 Å². The van der Waals surface area contributed by atoms with Crippen LogP contribution in [0.3, 0.4) is 0 Å². The number of sulfonamides is 1. The molecule has 0 saturated heterocycles. The lowest BCUT2D eigenvalue weighted by molar-refractivity contribution is -0.123. The lowest BCUT2D eigenvalue weighted by atomic mass is 9.89. The SMILES string of the molecule is Cc1ccc2c(c1)[C@@H](NC(=O)[C@@H](C)N(c1cccc(F)c1)S(C)(=O)=O)CC(C)(C)O2. The van der Waals surface area contributed by atoms with Gasteiger partial charge in [-0.2, -0.15) is 0 Å². The van der Waals surface area contributed by atoms with E-state index in [1.54, 1.807) is 0 Å². The highest BCUT2D eigenvalue weighted by Gasteiger charge is 2.37. The van der Waals surface area contributed by atoms with Crippen LogP contribution in [0.4, 0.5) is 10.1 Å². The number of nitrogens with one attached hydrogen (secondary N) is 1. The van der Waals surface area contributed by atoms with Gasteiger partial charge >= 0.3 is 0 Å². The average Bonchev–Trinajstić information content (AvgIpc) is 2.60. The van der Waals surface area contributed by atoms with Crippen molar-refractivity contribution in [2.75, 3.05) is 10.6 Å². The third kappa shape index (κ3) is 4.75. The van der Waals surface area contributed by atoms with Gasteiger partial charge in [0.2, 0.25) is 15.9 Å². The summed E-state index contributed by atoms with van der Waals surface area (Å²) in [6, 6.07) is 9.56. The Kier molecular flexibility index (Phi) is 5.82. The molecule has 30 heavy (non-hydrogen) atoms. The molecule has 2 aromatic carbocycles. The van der Waals surface area contributed by atoms with Gasteiger partial charge in [0.1, 0.15) is 23.2 Å². The van der Waals surface area contributed by atoms with Crippen LogP contribution in [0, 0.1) is 12.7 Å². The van der Waals surface area contributed by atoms with Gasteiger partial charge < -0.3 is 10.1 Å². The van der Waals surface area contributed by atoms with Crippen LogP contribution in [-0.4, -0.2) is 32.2 Å². The van der Waals surface area contributed by atoms with Crippen LogP contribution in [0.15, 0.2) is 42.5 Å². The van der Waals surface area contributed by atoms with Crippen LogP contribution in [-0.2, 0) is 14.8 Å². The van der Waals surface area contributed by atoms with Crippen molar-refractivity contribution in [2.45, 2.75) is 51.8 Å². The molecule has 1 amide bonds. The second kappa shape index (κ2) is 7.91. The molecule has 2 aromatic rings. The molecule has 162 valence electrons. The molecular formula is C22H27FN2O4S. The Morgan fingerprint density at radius 2 is 1.97 bits per heavy atom. The smallest absolute Gasteiger partial charge is 0.244 e. The second-order valence-electron chi connectivity index (χ2n) is 8.38. The topological polar surface area (TPSA) is 75.7 Å². The van der Waals surface area contributed by atoms with Crippen LogP contribution in [0.25, 0.3) is 0 Å². The quantitative estimate of drug-likeness (QED) is 0.779. The van der Waals surface area contributed by atoms with E-state index in [1.165, 1.54) is 25.1 Å². The van der Waals surface area contributed by atoms with Gasteiger partial charge in [-0.3, -0.25) is 9.10 Å². The maximum Gasteiger partial charge on any atom is 0.244 e. The van der Waals surface area contributed by atoms with E-state index in [1.807, 2.05) is 39.0 Å². The average molecular weight is 435 g/mol. The number of hydrogen-bond donors (Lipinski definition) is 1. The lowest BCUT2D eigenvalue weighted by Crippen LogP contribution is -2.50. The minimum Gasteiger partial charge on any atom is -0.487 e. The van der Waals surface area contributed by atoms with Crippen LogP contribution >= 0.6 is 0 Å². The number of hydrogen-bond acceptors (Lipinski definition) is 4. The predicted molar refractivity (Wildman–Crippen MR) is 115 cm³/mol. The van der Waals surface area contributed by atoms with Gasteiger partial charge in [-0.05, 0) is 52.0 Å². The molecule has 3 rings (SSSR count). The van der Waals surface area contributed by atoms with Crippen molar-refractivity contribution in [2.24, 2.45) is 0 Å². The largest absolute Gasteiger partial charge is 0.487 e. The number of benzene rings is 2. The van der Waals surface area contributed by atoms with Gasteiger partial charge in [-0.15, -0.1) is 0 Å². The van der Waals surface area contributed by atoms with Crippen LogP contribution < -0.4 is 14.4 Å². The molecule has 0 radical (unpaired) electrons. The fourth-order valence-corrected chi connectivity index (χ4v) is 4.98. The van der Waals surface area contributed by atoms with Crippen LogP contribution in [0.5, 0.6) is 5.75 Å². The Bertz CT molecular complexity index is 1070. The molecule has 0 saturated carbocycles. The van der Waals surface area contributed by atoms with Crippen molar-refractivity contribution in [3.63, 3.8) is 0 Å². The molecule has 0 spiro atoms. The molecule has 8 heteroatoms. The highest BCUT2D eigenvalue weighted by molar-refractivity contribution is 7.92. The summed E-state index contributed by atoms with van der Waals surface area (Å²) in [5, 5.41) is 2.98. The maximum atomic E-state index is 13.7. The maximum absolute atomic E-state index is 13.7. The fourth-order valence-electron chi connectivity index (χ4n) is 3.82. The number of aryl methyl sites for hydroxylation is 1. The number of fused-ring (bicyclic) bond motifs is 1. The monoisotopic (exact) mass is 434 g/mol. The standard InChI is InChI=1S/C22H27FN2O4S/c1-14-9-10-20-18(11-14)19(13-22(3,4)29-20)24-21(26)15(2)25(30(5,27)28)17-8-6-7-16(23)12-17/h6-12,15,19H,13H2,1-5H3,(H,24,26)/t15-,19+/m1/s1. The zero-order valence-corrected chi connectivity index (χ0v) is 18.6. The normalized spacial score (nSPS) is 18.7. The van der Waals surface area contributed by atoms with E-state index in [0.29, 0.717) is 12.2 Å².